The van der Waals surface area contributed by atoms with Crippen molar-refractivity contribution in [2.24, 2.45) is 0 Å². The lowest BCUT2D eigenvalue weighted by molar-refractivity contribution is -0.131. The van der Waals surface area contributed by atoms with E-state index in [1.165, 1.54) is 0 Å². The van der Waals surface area contributed by atoms with Crippen LogP contribution >= 0.6 is 0 Å². The van der Waals surface area contributed by atoms with Gasteiger partial charge in [0.2, 0.25) is 11.8 Å². The Kier molecular flexibility index (Phi) is 22.7. The van der Waals surface area contributed by atoms with Crippen LogP contribution in [0.5, 0.6) is 23.0 Å². The molecule has 0 aliphatic carbocycles. The summed E-state index contributed by atoms with van der Waals surface area (Å²) in [6.07, 6.45) is 2.99. The van der Waals surface area contributed by atoms with Gasteiger partial charge in [0.15, 0.2) is 23.0 Å². The van der Waals surface area contributed by atoms with Gasteiger partial charge < -0.3 is 38.8 Å². The number of benzene rings is 7. The maximum Gasteiger partial charge on any atom is 0.410 e. The summed E-state index contributed by atoms with van der Waals surface area (Å²) in [5.74, 6) is 2.31. The molecule has 0 aliphatic heterocycles. The van der Waals surface area contributed by atoms with Gasteiger partial charge in [0, 0.05) is 45.6 Å². The van der Waals surface area contributed by atoms with Crippen molar-refractivity contribution in [2.75, 3.05) is 32.7 Å². The first kappa shape index (κ1) is 55.2. The van der Waals surface area contributed by atoms with Crippen LogP contribution in [0.2, 0.25) is 0 Å². The van der Waals surface area contributed by atoms with Gasteiger partial charge in [-0.15, -0.1) is 0 Å². The molecule has 12 nitrogen and oxygen atoms in total. The molecular formula is C64H68N4O8. The van der Waals surface area contributed by atoms with E-state index in [1.807, 2.05) is 188 Å². The van der Waals surface area contributed by atoms with Crippen LogP contribution in [-0.4, -0.2) is 60.4 Å². The van der Waals surface area contributed by atoms with Crippen molar-refractivity contribution in [1.82, 2.24) is 15.1 Å². The van der Waals surface area contributed by atoms with Crippen LogP contribution in [0.4, 0.5) is 4.79 Å². The highest BCUT2D eigenvalue weighted by Crippen LogP contribution is 2.32. The number of carbonyl (C=O) groups is 3. The Hall–Kier alpha value is -8.56. The second-order valence-corrected chi connectivity index (χ2v) is 18.4. The summed E-state index contributed by atoms with van der Waals surface area (Å²) >= 11 is 0. The molecule has 0 atom stereocenters. The highest BCUT2D eigenvalue weighted by molar-refractivity contribution is 5.77. The first-order chi connectivity index (χ1) is 37.4. The number of nitrogens with one attached hydrogen (secondary N) is 1. The normalized spacial score (nSPS) is 10.7. The van der Waals surface area contributed by atoms with Crippen LogP contribution in [-0.2, 0) is 60.2 Å². The zero-order chi connectivity index (χ0) is 52.8. The third-order valence-electron chi connectivity index (χ3n) is 12.6. The van der Waals surface area contributed by atoms with Crippen molar-refractivity contribution in [3.8, 4) is 29.1 Å². The first-order valence-electron chi connectivity index (χ1n) is 26.2. The molecule has 0 bridgehead atoms. The number of carbonyl (C=O) groups excluding carboxylic acids is 3. The van der Waals surface area contributed by atoms with Crippen molar-refractivity contribution >= 4 is 17.9 Å². The largest absolute Gasteiger partial charge is 0.485 e. The Morgan fingerprint density at radius 2 is 0.816 bits per heavy atom. The summed E-state index contributed by atoms with van der Waals surface area (Å²) in [6, 6.07) is 63.1. The average molecular weight is 1020 g/mol. The minimum Gasteiger partial charge on any atom is -0.485 e. The molecule has 7 aromatic rings. The average Bonchev–Trinajstić information content (AvgIpc) is 3.47. The number of amides is 3. The summed E-state index contributed by atoms with van der Waals surface area (Å²) in [7, 11) is 0. The molecular weight excluding hydrogens is 953 g/mol. The summed E-state index contributed by atoms with van der Waals surface area (Å²) < 4.78 is 30.7. The van der Waals surface area contributed by atoms with Crippen molar-refractivity contribution < 1.29 is 38.1 Å². The summed E-state index contributed by atoms with van der Waals surface area (Å²) in [5, 5.41) is 12.5. The van der Waals surface area contributed by atoms with Crippen LogP contribution in [0.25, 0.3) is 0 Å². The second kappa shape index (κ2) is 31.2. The van der Waals surface area contributed by atoms with E-state index < -0.39 is 6.09 Å². The standard InChI is InChI=1S/C64H68N4O8/c65-38-18-42-67(63(70)37-33-52-31-35-59(73-47-54-22-8-2-9-23-54)61(45-52)75-49-56-26-12-4-13-27-56)40-16-17-41-68(64(71)76-50-57-28-14-5-15-29-57)43-19-39-66-62(69)36-32-51-30-34-58(72-46-53-20-6-1-7-21-53)60(44-51)74-48-55-24-10-3-11-25-55/h1-15,20-31,34-35,44-45H,16-19,32-33,36-37,39-43,46-50H2,(H,66,69). The molecule has 0 spiro atoms. The van der Waals surface area contributed by atoms with E-state index in [0.29, 0.717) is 114 Å². The van der Waals surface area contributed by atoms with E-state index in [2.05, 4.69) is 11.4 Å². The Morgan fingerprint density at radius 1 is 0.421 bits per heavy atom. The van der Waals surface area contributed by atoms with Gasteiger partial charge in [-0.25, -0.2) is 4.79 Å². The number of nitriles is 1. The van der Waals surface area contributed by atoms with Gasteiger partial charge in [-0.2, -0.15) is 5.26 Å². The third-order valence-corrected chi connectivity index (χ3v) is 12.6. The van der Waals surface area contributed by atoms with Gasteiger partial charge in [0.25, 0.3) is 0 Å². The van der Waals surface area contributed by atoms with Crippen molar-refractivity contribution in [1.29, 1.82) is 5.26 Å². The number of hydrogen-bond donors (Lipinski definition) is 1. The van der Waals surface area contributed by atoms with Crippen molar-refractivity contribution in [3.05, 3.63) is 227 Å². The van der Waals surface area contributed by atoms with Gasteiger partial charge in [-0.3, -0.25) is 9.59 Å². The SMILES string of the molecule is N#CCCN(CCCCN(CCCNC(=O)CCc1ccc(OCc2ccccc2)c(OCc2ccccc2)c1)C(=O)OCc1ccccc1)C(=O)CCc1ccc(OCc2ccccc2)c(OCc2ccccc2)c1. The molecule has 392 valence electrons. The number of unbranched alkanes of at least 4 members (excludes halogenated alkanes) is 1. The van der Waals surface area contributed by atoms with Crippen LogP contribution in [0.3, 0.4) is 0 Å². The predicted octanol–water partition coefficient (Wildman–Crippen LogP) is 12.2. The first-order valence-corrected chi connectivity index (χ1v) is 26.2. The lowest BCUT2D eigenvalue weighted by Gasteiger charge is -2.24. The Labute approximate surface area is 447 Å². The van der Waals surface area contributed by atoms with Crippen LogP contribution in [0, 0.1) is 11.3 Å². The zero-order valence-corrected chi connectivity index (χ0v) is 43.2. The Balaban J connectivity index is 0.892. The van der Waals surface area contributed by atoms with E-state index in [9.17, 15) is 19.6 Å². The fraction of sp³-hybridized carbons (Fsp3) is 0.281. The van der Waals surface area contributed by atoms with Gasteiger partial charge in [0.05, 0.1) is 12.5 Å². The minimum atomic E-state index is -0.447. The van der Waals surface area contributed by atoms with E-state index in [0.717, 1.165) is 38.9 Å². The molecule has 76 heavy (non-hydrogen) atoms. The number of hydrogen-bond acceptors (Lipinski definition) is 9. The zero-order valence-electron chi connectivity index (χ0n) is 43.2. The van der Waals surface area contributed by atoms with Crippen molar-refractivity contribution in [3.63, 3.8) is 0 Å². The van der Waals surface area contributed by atoms with Gasteiger partial charge in [-0.05, 0) is 95.3 Å². The fourth-order valence-electron chi connectivity index (χ4n) is 8.33. The molecule has 0 fully saturated rings. The van der Waals surface area contributed by atoms with E-state index in [-0.39, 0.29) is 37.7 Å². The Morgan fingerprint density at radius 3 is 1.26 bits per heavy atom. The monoisotopic (exact) mass is 1020 g/mol. The van der Waals surface area contributed by atoms with Gasteiger partial charge in [-0.1, -0.05) is 164 Å². The molecule has 12 heteroatoms. The van der Waals surface area contributed by atoms with Crippen LogP contribution < -0.4 is 24.3 Å². The number of nitrogens with zero attached hydrogens (tertiary/aromatic N) is 3. The molecule has 0 aromatic heterocycles. The Bertz CT molecular complexity index is 2870. The van der Waals surface area contributed by atoms with Crippen LogP contribution in [0.1, 0.15) is 77.5 Å². The molecule has 7 rings (SSSR count). The van der Waals surface area contributed by atoms with E-state index >= 15 is 0 Å². The molecule has 1 N–H and O–H groups in total. The smallest absolute Gasteiger partial charge is 0.410 e. The predicted molar refractivity (Wildman–Crippen MR) is 294 cm³/mol. The molecule has 0 saturated carbocycles. The molecule has 0 radical (unpaired) electrons. The number of ether oxygens (including phenoxy) is 5. The summed E-state index contributed by atoms with van der Waals surface area (Å²) in [4.78, 5) is 43.8. The number of aryl methyl sites for hydroxylation is 2. The second-order valence-electron chi connectivity index (χ2n) is 18.4. The molecule has 0 saturated heterocycles. The van der Waals surface area contributed by atoms with Gasteiger partial charge in [0.1, 0.15) is 33.0 Å². The highest BCUT2D eigenvalue weighted by Gasteiger charge is 2.19. The molecule has 0 aliphatic rings. The minimum absolute atomic E-state index is 0.0528. The topological polar surface area (TPSA) is 140 Å². The fourth-order valence-corrected chi connectivity index (χ4v) is 8.33. The number of rotatable bonds is 31. The maximum absolute atomic E-state index is 13.8. The molecule has 7 aromatic carbocycles. The molecule has 0 heterocycles. The quantitative estimate of drug-likeness (QED) is 0.0421. The summed E-state index contributed by atoms with van der Waals surface area (Å²) in [6.45, 7) is 3.54. The maximum atomic E-state index is 13.8. The van der Waals surface area contributed by atoms with E-state index in [4.69, 9.17) is 23.7 Å². The lowest BCUT2D eigenvalue weighted by Crippen LogP contribution is -2.36. The van der Waals surface area contributed by atoms with E-state index in [1.54, 1.807) is 9.80 Å². The highest BCUT2D eigenvalue weighted by atomic mass is 16.6. The van der Waals surface area contributed by atoms with Crippen molar-refractivity contribution in [2.45, 2.75) is 84.4 Å². The third kappa shape index (κ3) is 19.4. The van der Waals surface area contributed by atoms with Gasteiger partial charge >= 0.3 is 6.09 Å². The summed E-state index contributed by atoms with van der Waals surface area (Å²) in [5.41, 5.74) is 6.90. The lowest BCUT2D eigenvalue weighted by atomic mass is 10.1. The molecule has 3 amide bonds. The van der Waals surface area contributed by atoms with Crippen LogP contribution in [0.15, 0.2) is 188 Å². The molecule has 0 unspecified atom stereocenters.